The summed E-state index contributed by atoms with van der Waals surface area (Å²) < 4.78 is 11.0. The fourth-order valence-corrected chi connectivity index (χ4v) is 3.63. The lowest BCUT2D eigenvalue weighted by Gasteiger charge is -2.12. The lowest BCUT2D eigenvalue weighted by atomic mass is 10.0. The molecule has 0 fully saturated rings. The number of aromatic nitrogens is 1. The number of aliphatic hydroxyl groups excluding tert-OH is 1. The Balaban J connectivity index is 1.72. The van der Waals surface area contributed by atoms with Crippen LogP contribution in [0.5, 0.6) is 5.88 Å². The number of nitrogens with zero attached hydrogens (tertiary/aromatic N) is 1. The SMILES string of the molecule is CCCCCCCCCCCCCCCCCCOCC(O)COc1ccccn1. The molecule has 0 saturated carbocycles. The van der Waals surface area contributed by atoms with Gasteiger partial charge in [-0.2, -0.15) is 0 Å². The summed E-state index contributed by atoms with van der Waals surface area (Å²) in [6, 6.07) is 5.48. The monoisotopic (exact) mass is 421 g/mol. The Morgan fingerprint density at radius 2 is 1.27 bits per heavy atom. The van der Waals surface area contributed by atoms with Crippen molar-refractivity contribution in [1.29, 1.82) is 0 Å². The zero-order chi connectivity index (χ0) is 21.5. The molecule has 1 N–H and O–H groups in total. The molecule has 1 atom stereocenters. The molecule has 1 heterocycles. The molecule has 0 radical (unpaired) electrons. The van der Waals surface area contributed by atoms with Gasteiger partial charge in [0.25, 0.3) is 0 Å². The van der Waals surface area contributed by atoms with Crippen LogP contribution in [0, 0.1) is 0 Å². The first-order valence-electron chi connectivity index (χ1n) is 12.6. The normalized spacial score (nSPS) is 12.2. The van der Waals surface area contributed by atoms with Crippen molar-refractivity contribution < 1.29 is 14.6 Å². The van der Waals surface area contributed by atoms with Gasteiger partial charge in [0.1, 0.15) is 12.7 Å². The lowest BCUT2D eigenvalue weighted by molar-refractivity contribution is 0.0101. The number of aliphatic hydroxyl groups is 1. The van der Waals surface area contributed by atoms with Crippen LogP contribution < -0.4 is 4.74 Å². The van der Waals surface area contributed by atoms with Crippen molar-refractivity contribution in [2.24, 2.45) is 0 Å². The third kappa shape index (κ3) is 17.7. The molecule has 0 saturated heterocycles. The molecule has 0 bridgehead atoms. The Bertz CT molecular complexity index is 455. The molecular formula is C26H47NO3. The van der Waals surface area contributed by atoms with Crippen molar-refractivity contribution in [3.05, 3.63) is 24.4 Å². The molecule has 0 aliphatic heterocycles. The van der Waals surface area contributed by atoms with Crippen molar-refractivity contribution in [2.75, 3.05) is 19.8 Å². The van der Waals surface area contributed by atoms with Crippen LogP contribution in [-0.4, -0.2) is 36.0 Å². The molecule has 0 spiro atoms. The van der Waals surface area contributed by atoms with Gasteiger partial charge in [0.05, 0.1) is 6.61 Å². The minimum Gasteiger partial charge on any atom is -0.475 e. The topological polar surface area (TPSA) is 51.6 Å². The number of hydrogen-bond donors (Lipinski definition) is 1. The van der Waals surface area contributed by atoms with E-state index in [0.717, 1.165) is 13.0 Å². The Kier molecular flexibility index (Phi) is 18.9. The standard InChI is InChI=1S/C26H47NO3/c1-2-3-4-5-6-7-8-9-10-11-12-13-14-15-16-19-22-29-23-25(28)24-30-26-20-17-18-21-27-26/h17-18,20-21,25,28H,2-16,19,22-24H2,1H3. The van der Waals surface area contributed by atoms with Crippen LogP contribution in [-0.2, 0) is 4.74 Å². The summed E-state index contributed by atoms with van der Waals surface area (Å²) in [5, 5.41) is 9.87. The fourth-order valence-electron chi connectivity index (χ4n) is 3.63. The van der Waals surface area contributed by atoms with Crippen LogP contribution in [0.15, 0.2) is 24.4 Å². The summed E-state index contributed by atoms with van der Waals surface area (Å²) in [6.07, 6.45) is 23.0. The summed E-state index contributed by atoms with van der Waals surface area (Å²) >= 11 is 0. The third-order valence-electron chi connectivity index (χ3n) is 5.51. The number of ether oxygens (including phenoxy) is 2. The Labute approximate surface area is 185 Å². The van der Waals surface area contributed by atoms with E-state index in [1.165, 1.54) is 96.3 Å². The Hall–Kier alpha value is -1.13. The summed E-state index contributed by atoms with van der Waals surface area (Å²) in [7, 11) is 0. The van der Waals surface area contributed by atoms with E-state index in [1.54, 1.807) is 12.3 Å². The molecule has 0 aromatic carbocycles. The molecule has 1 aromatic rings. The highest BCUT2D eigenvalue weighted by Crippen LogP contribution is 2.13. The van der Waals surface area contributed by atoms with E-state index in [0.29, 0.717) is 12.5 Å². The van der Waals surface area contributed by atoms with Gasteiger partial charge in [-0.3, -0.25) is 0 Å². The first-order valence-corrected chi connectivity index (χ1v) is 12.6. The molecule has 174 valence electrons. The molecule has 0 amide bonds. The highest BCUT2D eigenvalue weighted by atomic mass is 16.5. The van der Waals surface area contributed by atoms with Crippen LogP contribution >= 0.6 is 0 Å². The van der Waals surface area contributed by atoms with Gasteiger partial charge in [0.2, 0.25) is 5.88 Å². The van der Waals surface area contributed by atoms with Gasteiger partial charge in [-0.15, -0.1) is 0 Å². The second-order valence-corrected chi connectivity index (χ2v) is 8.51. The number of unbranched alkanes of at least 4 members (excludes halogenated alkanes) is 15. The Morgan fingerprint density at radius 1 is 0.733 bits per heavy atom. The third-order valence-corrected chi connectivity index (χ3v) is 5.51. The van der Waals surface area contributed by atoms with Crippen LogP contribution in [0.25, 0.3) is 0 Å². The molecule has 1 rings (SSSR count). The minimum atomic E-state index is -0.604. The van der Waals surface area contributed by atoms with Crippen molar-refractivity contribution in [3.63, 3.8) is 0 Å². The zero-order valence-electron chi connectivity index (χ0n) is 19.5. The fraction of sp³-hybridized carbons (Fsp3) is 0.808. The predicted octanol–water partition coefficient (Wildman–Crippen LogP) is 7.10. The molecular weight excluding hydrogens is 374 g/mol. The van der Waals surface area contributed by atoms with Gasteiger partial charge in [0, 0.05) is 18.9 Å². The maximum Gasteiger partial charge on any atom is 0.213 e. The maximum absolute atomic E-state index is 9.87. The molecule has 30 heavy (non-hydrogen) atoms. The zero-order valence-corrected chi connectivity index (χ0v) is 19.5. The summed E-state index contributed by atoms with van der Waals surface area (Å²) in [6.45, 7) is 3.55. The van der Waals surface area contributed by atoms with E-state index >= 15 is 0 Å². The van der Waals surface area contributed by atoms with Gasteiger partial charge in [0.15, 0.2) is 0 Å². The highest BCUT2D eigenvalue weighted by molar-refractivity contribution is 5.09. The average molecular weight is 422 g/mol. The average Bonchev–Trinajstić information content (AvgIpc) is 2.77. The smallest absolute Gasteiger partial charge is 0.213 e. The van der Waals surface area contributed by atoms with E-state index in [2.05, 4.69) is 11.9 Å². The first kappa shape index (κ1) is 26.9. The summed E-state index contributed by atoms with van der Waals surface area (Å²) in [4.78, 5) is 4.06. The van der Waals surface area contributed by atoms with Crippen molar-refractivity contribution in [1.82, 2.24) is 4.98 Å². The van der Waals surface area contributed by atoms with Gasteiger partial charge in [-0.1, -0.05) is 109 Å². The molecule has 4 heteroatoms. The van der Waals surface area contributed by atoms with Crippen molar-refractivity contribution >= 4 is 0 Å². The summed E-state index contributed by atoms with van der Waals surface area (Å²) in [5.74, 6) is 0.536. The lowest BCUT2D eigenvalue weighted by Crippen LogP contribution is -2.23. The quantitative estimate of drug-likeness (QED) is 0.203. The maximum atomic E-state index is 9.87. The van der Waals surface area contributed by atoms with E-state index < -0.39 is 6.10 Å². The molecule has 4 nitrogen and oxygen atoms in total. The van der Waals surface area contributed by atoms with E-state index in [-0.39, 0.29) is 6.61 Å². The molecule has 0 aliphatic rings. The van der Waals surface area contributed by atoms with Crippen LogP contribution in [0.2, 0.25) is 0 Å². The van der Waals surface area contributed by atoms with Gasteiger partial charge < -0.3 is 14.6 Å². The van der Waals surface area contributed by atoms with E-state index in [4.69, 9.17) is 9.47 Å². The minimum absolute atomic E-state index is 0.218. The number of pyridine rings is 1. The number of hydrogen-bond acceptors (Lipinski definition) is 4. The second-order valence-electron chi connectivity index (χ2n) is 8.51. The molecule has 1 unspecified atom stereocenters. The van der Waals surface area contributed by atoms with E-state index in [1.807, 2.05) is 12.1 Å². The molecule has 1 aromatic heterocycles. The van der Waals surface area contributed by atoms with Gasteiger partial charge in [-0.05, 0) is 12.5 Å². The largest absolute Gasteiger partial charge is 0.475 e. The van der Waals surface area contributed by atoms with Gasteiger partial charge in [-0.25, -0.2) is 4.98 Å². The van der Waals surface area contributed by atoms with Crippen LogP contribution in [0.4, 0.5) is 0 Å². The van der Waals surface area contributed by atoms with Crippen molar-refractivity contribution in [2.45, 2.75) is 116 Å². The van der Waals surface area contributed by atoms with Crippen molar-refractivity contribution in [3.8, 4) is 5.88 Å². The van der Waals surface area contributed by atoms with E-state index in [9.17, 15) is 5.11 Å². The second kappa shape index (κ2) is 21.1. The Morgan fingerprint density at radius 3 is 1.77 bits per heavy atom. The molecule has 0 aliphatic carbocycles. The highest BCUT2D eigenvalue weighted by Gasteiger charge is 2.05. The van der Waals surface area contributed by atoms with Crippen LogP contribution in [0.3, 0.4) is 0 Å². The van der Waals surface area contributed by atoms with Crippen LogP contribution in [0.1, 0.15) is 110 Å². The first-order chi connectivity index (χ1) is 14.8. The number of rotatable bonds is 22. The van der Waals surface area contributed by atoms with Gasteiger partial charge >= 0.3 is 0 Å². The summed E-state index contributed by atoms with van der Waals surface area (Å²) in [5.41, 5.74) is 0. The predicted molar refractivity (Wildman–Crippen MR) is 126 cm³/mol.